The molecular weight excluding hydrogens is 266 g/mol. The monoisotopic (exact) mass is 285 g/mol. The number of esters is 1. The average molecular weight is 285 g/mol. The fourth-order valence-corrected chi connectivity index (χ4v) is 2.89. The van der Waals surface area contributed by atoms with Crippen molar-refractivity contribution < 1.29 is 14.3 Å². The van der Waals surface area contributed by atoms with Gasteiger partial charge in [0, 0.05) is 20.2 Å². The van der Waals surface area contributed by atoms with E-state index in [0.29, 0.717) is 12.2 Å². The second-order valence-corrected chi connectivity index (χ2v) is 5.24. The zero-order chi connectivity index (χ0) is 13.8. The van der Waals surface area contributed by atoms with Crippen LogP contribution >= 0.6 is 11.5 Å². The molecule has 2 N–H and O–H groups in total. The normalized spacial score (nSPS) is 18.5. The number of aromatic nitrogens is 1. The van der Waals surface area contributed by atoms with E-state index >= 15 is 0 Å². The molecule has 2 rings (SSSR count). The Balaban J connectivity index is 2.12. The number of carbonyl (C=O) groups is 1. The number of hydrogen-bond donors (Lipinski definition) is 1. The van der Waals surface area contributed by atoms with Crippen LogP contribution in [0.4, 0.5) is 10.8 Å². The van der Waals surface area contributed by atoms with E-state index in [1.807, 2.05) is 11.9 Å². The molecule has 0 aliphatic carbocycles. The van der Waals surface area contributed by atoms with Gasteiger partial charge < -0.3 is 20.1 Å². The molecule has 1 aromatic heterocycles. The highest BCUT2D eigenvalue weighted by atomic mass is 32.1. The Labute approximate surface area is 116 Å². The SMILES string of the molecule is CCOC(=O)c1c(N)nsc1N(C)CC1CCCO1. The molecule has 0 aromatic carbocycles. The summed E-state index contributed by atoms with van der Waals surface area (Å²) in [7, 11) is 1.91. The third-order valence-electron chi connectivity index (χ3n) is 3.03. The molecule has 7 heteroatoms. The number of nitrogens with two attached hydrogens (primary N) is 1. The van der Waals surface area contributed by atoms with E-state index in [1.165, 1.54) is 11.5 Å². The van der Waals surface area contributed by atoms with Gasteiger partial charge in [0.2, 0.25) is 0 Å². The predicted molar refractivity (Wildman–Crippen MR) is 74.7 cm³/mol. The van der Waals surface area contributed by atoms with Crippen LogP contribution in [0, 0.1) is 0 Å². The van der Waals surface area contributed by atoms with Crippen LogP contribution in [0.15, 0.2) is 0 Å². The van der Waals surface area contributed by atoms with Gasteiger partial charge >= 0.3 is 5.97 Å². The van der Waals surface area contributed by atoms with Crippen molar-refractivity contribution in [3.05, 3.63) is 5.56 Å². The number of ether oxygens (including phenoxy) is 2. The van der Waals surface area contributed by atoms with Crippen LogP contribution < -0.4 is 10.6 Å². The van der Waals surface area contributed by atoms with E-state index < -0.39 is 5.97 Å². The molecule has 1 fully saturated rings. The molecule has 1 aliphatic rings. The average Bonchev–Trinajstić information content (AvgIpc) is 2.98. The van der Waals surface area contributed by atoms with Gasteiger partial charge in [0.15, 0.2) is 5.82 Å². The Morgan fingerprint density at radius 2 is 2.47 bits per heavy atom. The number of nitrogen functional groups attached to an aromatic ring is 1. The van der Waals surface area contributed by atoms with E-state index in [9.17, 15) is 4.79 Å². The maximum absolute atomic E-state index is 11.9. The van der Waals surface area contributed by atoms with E-state index in [-0.39, 0.29) is 11.9 Å². The molecular formula is C12H19N3O3S. The molecule has 0 spiro atoms. The van der Waals surface area contributed by atoms with Crippen LogP contribution in [-0.4, -0.2) is 43.3 Å². The Hall–Kier alpha value is -1.34. The maximum atomic E-state index is 11.9. The quantitative estimate of drug-likeness (QED) is 0.826. The first-order valence-corrected chi connectivity index (χ1v) is 7.15. The van der Waals surface area contributed by atoms with Crippen LogP contribution in [0.1, 0.15) is 30.1 Å². The Morgan fingerprint density at radius 1 is 1.68 bits per heavy atom. The molecule has 2 heterocycles. The molecule has 106 valence electrons. The van der Waals surface area contributed by atoms with Crippen LogP contribution in [0.5, 0.6) is 0 Å². The van der Waals surface area contributed by atoms with Crippen LogP contribution in [0.3, 0.4) is 0 Å². The summed E-state index contributed by atoms with van der Waals surface area (Å²) in [5.74, 6) is -0.180. The lowest BCUT2D eigenvalue weighted by molar-refractivity contribution is 0.0528. The number of nitrogens with zero attached hydrogens (tertiary/aromatic N) is 2. The van der Waals surface area contributed by atoms with E-state index in [1.54, 1.807) is 6.92 Å². The molecule has 0 saturated carbocycles. The molecule has 0 radical (unpaired) electrons. The van der Waals surface area contributed by atoms with Crippen molar-refractivity contribution in [3.8, 4) is 0 Å². The van der Waals surface area contributed by atoms with Gasteiger partial charge in [-0.2, -0.15) is 4.37 Å². The van der Waals surface area contributed by atoms with Crippen molar-refractivity contribution in [2.24, 2.45) is 0 Å². The molecule has 1 atom stereocenters. The Morgan fingerprint density at radius 3 is 3.11 bits per heavy atom. The van der Waals surface area contributed by atoms with Gasteiger partial charge in [-0.1, -0.05) is 0 Å². The van der Waals surface area contributed by atoms with Crippen molar-refractivity contribution in [2.75, 3.05) is 37.4 Å². The van der Waals surface area contributed by atoms with Gasteiger partial charge in [0.1, 0.15) is 10.6 Å². The Kier molecular flexibility index (Phi) is 4.60. The Bertz CT molecular complexity index is 443. The van der Waals surface area contributed by atoms with Gasteiger partial charge in [-0.15, -0.1) is 0 Å². The first-order chi connectivity index (χ1) is 9.13. The smallest absolute Gasteiger partial charge is 0.345 e. The van der Waals surface area contributed by atoms with Gasteiger partial charge in [-0.3, -0.25) is 0 Å². The zero-order valence-corrected chi connectivity index (χ0v) is 12.0. The minimum Gasteiger partial charge on any atom is -0.462 e. The van der Waals surface area contributed by atoms with E-state index in [4.69, 9.17) is 15.2 Å². The van der Waals surface area contributed by atoms with Gasteiger partial charge in [0.05, 0.1) is 12.7 Å². The molecule has 0 bridgehead atoms. The molecule has 19 heavy (non-hydrogen) atoms. The highest BCUT2D eigenvalue weighted by Crippen LogP contribution is 2.31. The summed E-state index contributed by atoms with van der Waals surface area (Å²) < 4.78 is 14.7. The summed E-state index contributed by atoms with van der Waals surface area (Å²) in [6.07, 6.45) is 2.35. The van der Waals surface area contributed by atoms with Crippen LogP contribution in [-0.2, 0) is 9.47 Å². The minimum atomic E-state index is -0.414. The minimum absolute atomic E-state index is 0.211. The van der Waals surface area contributed by atoms with Crippen molar-refractivity contribution in [3.63, 3.8) is 0 Å². The summed E-state index contributed by atoms with van der Waals surface area (Å²) in [6, 6.07) is 0. The number of rotatable bonds is 5. The van der Waals surface area contributed by atoms with Crippen molar-refractivity contribution in [1.82, 2.24) is 4.37 Å². The lowest BCUT2D eigenvalue weighted by Crippen LogP contribution is -2.29. The fraction of sp³-hybridized carbons (Fsp3) is 0.667. The molecule has 0 amide bonds. The predicted octanol–water partition coefficient (Wildman–Crippen LogP) is 1.52. The lowest BCUT2D eigenvalue weighted by Gasteiger charge is -2.21. The lowest BCUT2D eigenvalue weighted by atomic mass is 10.2. The summed E-state index contributed by atoms with van der Waals surface area (Å²) in [6.45, 7) is 3.63. The zero-order valence-electron chi connectivity index (χ0n) is 11.2. The van der Waals surface area contributed by atoms with Gasteiger partial charge in [-0.25, -0.2) is 4.79 Å². The molecule has 1 saturated heterocycles. The van der Waals surface area contributed by atoms with Crippen LogP contribution in [0.25, 0.3) is 0 Å². The first-order valence-electron chi connectivity index (χ1n) is 6.38. The topological polar surface area (TPSA) is 77.7 Å². The number of likely N-dealkylation sites (N-methyl/N-ethyl adjacent to an activating group) is 1. The third kappa shape index (κ3) is 3.16. The van der Waals surface area contributed by atoms with E-state index in [0.717, 1.165) is 31.0 Å². The van der Waals surface area contributed by atoms with Crippen molar-refractivity contribution >= 4 is 28.3 Å². The highest BCUT2D eigenvalue weighted by molar-refractivity contribution is 7.11. The molecule has 1 aliphatic heterocycles. The standard InChI is InChI=1S/C12H19N3O3S/c1-3-17-12(16)9-10(13)14-19-11(9)15(2)7-8-5-4-6-18-8/h8H,3-7H2,1-2H3,(H2,13,14). The van der Waals surface area contributed by atoms with Crippen LogP contribution in [0.2, 0.25) is 0 Å². The fourth-order valence-electron chi connectivity index (χ4n) is 2.13. The molecule has 1 aromatic rings. The number of anilines is 2. The second kappa shape index (κ2) is 6.21. The maximum Gasteiger partial charge on any atom is 0.345 e. The van der Waals surface area contributed by atoms with Crippen molar-refractivity contribution in [2.45, 2.75) is 25.9 Å². The summed E-state index contributed by atoms with van der Waals surface area (Å²) >= 11 is 1.22. The highest BCUT2D eigenvalue weighted by Gasteiger charge is 2.25. The third-order valence-corrected chi connectivity index (χ3v) is 4.00. The second-order valence-electron chi connectivity index (χ2n) is 4.48. The van der Waals surface area contributed by atoms with Gasteiger partial charge in [0.25, 0.3) is 0 Å². The molecule has 6 nitrogen and oxygen atoms in total. The summed E-state index contributed by atoms with van der Waals surface area (Å²) in [5, 5.41) is 0.742. The van der Waals surface area contributed by atoms with Gasteiger partial charge in [-0.05, 0) is 31.3 Å². The first kappa shape index (κ1) is 14.1. The largest absolute Gasteiger partial charge is 0.462 e. The van der Waals surface area contributed by atoms with E-state index in [2.05, 4.69) is 4.37 Å². The number of hydrogen-bond acceptors (Lipinski definition) is 7. The molecule has 1 unspecified atom stereocenters. The number of carbonyl (C=O) groups excluding carboxylic acids is 1. The summed E-state index contributed by atoms with van der Waals surface area (Å²) in [5.41, 5.74) is 6.13. The van der Waals surface area contributed by atoms with Crippen molar-refractivity contribution in [1.29, 1.82) is 0 Å². The summed E-state index contributed by atoms with van der Waals surface area (Å²) in [4.78, 5) is 13.9.